The third kappa shape index (κ3) is 6.57. The van der Waals surface area contributed by atoms with Crippen molar-refractivity contribution < 1.29 is 19.2 Å². The maximum atomic E-state index is 13.0. The number of fused-ring (bicyclic) bond motifs is 3. The van der Waals surface area contributed by atoms with Gasteiger partial charge in [0.05, 0.1) is 11.0 Å². The molecule has 210 valence electrons. The molecule has 12 nitrogen and oxygen atoms in total. The van der Waals surface area contributed by atoms with Gasteiger partial charge in [-0.05, 0) is 36.4 Å². The van der Waals surface area contributed by atoms with Crippen LogP contribution < -0.4 is 21.3 Å². The van der Waals surface area contributed by atoms with Crippen molar-refractivity contribution in [2.45, 2.75) is 0 Å². The minimum Gasteiger partial charge on any atom is -0.310 e. The summed E-state index contributed by atoms with van der Waals surface area (Å²) in [5, 5.41) is 11.8. The Labute approximate surface area is 247 Å². The van der Waals surface area contributed by atoms with Gasteiger partial charge in [-0.2, -0.15) is 0 Å². The lowest BCUT2D eigenvalue weighted by molar-refractivity contribution is -0.114. The number of rotatable bonds is 8. The van der Waals surface area contributed by atoms with Gasteiger partial charge < -0.3 is 21.3 Å². The van der Waals surface area contributed by atoms with Crippen LogP contribution in [0.5, 0.6) is 0 Å². The number of pyridine rings is 4. The Kier molecular flexibility index (Phi) is 8.46. The first kappa shape index (κ1) is 28.3. The van der Waals surface area contributed by atoms with Crippen molar-refractivity contribution in [2.75, 3.05) is 33.0 Å². The largest absolute Gasteiger partial charge is 0.310 e. The smallest absolute Gasteiger partial charge is 0.275 e. The van der Waals surface area contributed by atoms with Crippen LogP contribution in [0.25, 0.3) is 21.8 Å². The number of hydrogen-bond donors (Lipinski definition) is 4. The molecular weight excluding hydrogens is 583 g/mol. The number of anilines is 4. The molecule has 1 aromatic carbocycles. The topological polar surface area (TPSA) is 168 Å². The Morgan fingerprint density at radius 1 is 0.500 bits per heavy atom. The van der Waals surface area contributed by atoms with Crippen LogP contribution in [0.15, 0.2) is 72.8 Å². The van der Waals surface area contributed by atoms with Crippen molar-refractivity contribution in [3.8, 4) is 0 Å². The fourth-order valence-electron chi connectivity index (χ4n) is 3.88. The molecule has 0 aliphatic carbocycles. The lowest BCUT2D eigenvalue weighted by Gasteiger charge is -2.09. The minimum atomic E-state index is -0.539. The highest BCUT2D eigenvalue weighted by molar-refractivity contribution is 6.29. The number of carbonyl (C=O) groups is 4. The molecule has 0 radical (unpaired) electrons. The van der Waals surface area contributed by atoms with E-state index in [2.05, 4.69) is 41.2 Å². The Hall–Kier alpha value is -5.20. The predicted molar refractivity (Wildman–Crippen MR) is 160 cm³/mol. The summed E-state index contributed by atoms with van der Waals surface area (Å²) in [4.78, 5) is 66.6. The van der Waals surface area contributed by atoms with E-state index < -0.39 is 23.6 Å². The fraction of sp³-hybridized carbons (Fsp3) is 0.0714. The number of nitrogens with zero attached hydrogens (tertiary/aromatic N) is 4. The Morgan fingerprint density at radius 2 is 0.857 bits per heavy atom. The average Bonchev–Trinajstić information content (AvgIpc) is 3.00. The van der Waals surface area contributed by atoms with Crippen molar-refractivity contribution in [3.63, 3.8) is 0 Å². The number of alkyl halides is 2. The van der Waals surface area contributed by atoms with E-state index in [-0.39, 0.29) is 46.4 Å². The summed E-state index contributed by atoms with van der Waals surface area (Å²) < 4.78 is 0. The molecule has 0 spiro atoms. The standard InChI is InChI=1S/C28H20Cl2N8O4/c29-13-23(39)35-19-3-1-5-21(33-19)37-27(41)17-11-9-15-7-8-16-10-12-18(32-26(16)25(15)31-17)28(42)38-22-6-2-4-20(34-22)36-24(40)14-30/h1-12H,13-14H2,(H2,33,35,37,39,41)(H2,34,36,38,40,42). The monoisotopic (exact) mass is 602 g/mol. The van der Waals surface area contributed by atoms with Gasteiger partial charge >= 0.3 is 0 Å². The number of nitrogens with one attached hydrogen (secondary N) is 4. The van der Waals surface area contributed by atoms with E-state index in [1.54, 1.807) is 60.7 Å². The van der Waals surface area contributed by atoms with Crippen LogP contribution in [0, 0.1) is 0 Å². The Bertz CT molecular complexity index is 1730. The molecule has 42 heavy (non-hydrogen) atoms. The summed E-state index contributed by atoms with van der Waals surface area (Å²) in [6.07, 6.45) is 0. The highest BCUT2D eigenvalue weighted by atomic mass is 35.5. The summed E-state index contributed by atoms with van der Waals surface area (Å²) in [6.45, 7) is 0. The molecule has 0 saturated heterocycles. The van der Waals surface area contributed by atoms with Crippen molar-refractivity contribution in [1.29, 1.82) is 0 Å². The minimum absolute atomic E-state index is 0.0867. The van der Waals surface area contributed by atoms with Gasteiger partial charge in [-0.1, -0.05) is 36.4 Å². The molecule has 0 unspecified atom stereocenters. The number of benzene rings is 1. The Morgan fingerprint density at radius 3 is 1.24 bits per heavy atom. The third-order valence-electron chi connectivity index (χ3n) is 5.74. The maximum Gasteiger partial charge on any atom is 0.275 e. The number of hydrogen-bond acceptors (Lipinski definition) is 8. The highest BCUT2D eigenvalue weighted by Crippen LogP contribution is 2.24. The summed E-state index contributed by atoms with van der Waals surface area (Å²) in [6, 6.07) is 19.7. The zero-order valence-electron chi connectivity index (χ0n) is 21.5. The Balaban J connectivity index is 1.40. The lowest BCUT2D eigenvalue weighted by atomic mass is 10.1. The second-order valence-corrected chi connectivity index (χ2v) is 9.22. The fourth-order valence-corrected chi connectivity index (χ4v) is 4.02. The molecule has 0 fully saturated rings. The van der Waals surface area contributed by atoms with E-state index in [0.29, 0.717) is 21.8 Å². The number of amides is 4. The van der Waals surface area contributed by atoms with Crippen LogP contribution in [0.3, 0.4) is 0 Å². The second-order valence-electron chi connectivity index (χ2n) is 8.69. The van der Waals surface area contributed by atoms with Crippen molar-refractivity contribution in [1.82, 2.24) is 19.9 Å². The normalized spacial score (nSPS) is 10.7. The van der Waals surface area contributed by atoms with Crippen LogP contribution in [0.4, 0.5) is 23.3 Å². The lowest BCUT2D eigenvalue weighted by Crippen LogP contribution is -2.17. The van der Waals surface area contributed by atoms with Gasteiger partial charge in [0, 0.05) is 10.8 Å². The van der Waals surface area contributed by atoms with E-state index in [4.69, 9.17) is 23.2 Å². The van der Waals surface area contributed by atoms with Gasteiger partial charge in [0.25, 0.3) is 11.8 Å². The molecule has 0 bridgehead atoms. The molecule has 4 heterocycles. The molecule has 4 N–H and O–H groups in total. The van der Waals surface area contributed by atoms with Crippen molar-refractivity contribution in [2.24, 2.45) is 0 Å². The molecule has 14 heteroatoms. The first-order chi connectivity index (χ1) is 20.3. The van der Waals surface area contributed by atoms with Crippen LogP contribution in [-0.4, -0.2) is 55.3 Å². The zero-order valence-corrected chi connectivity index (χ0v) is 23.0. The highest BCUT2D eigenvalue weighted by Gasteiger charge is 2.15. The maximum absolute atomic E-state index is 13.0. The first-order valence-electron chi connectivity index (χ1n) is 12.3. The number of carbonyl (C=O) groups excluding carboxylic acids is 4. The van der Waals surface area contributed by atoms with Crippen molar-refractivity contribution >= 4 is 91.9 Å². The molecule has 0 aliphatic heterocycles. The van der Waals surface area contributed by atoms with E-state index >= 15 is 0 Å². The first-order valence-corrected chi connectivity index (χ1v) is 13.4. The molecule has 0 saturated carbocycles. The third-order valence-corrected chi connectivity index (χ3v) is 6.23. The molecule has 5 rings (SSSR count). The van der Waals surface area contributed by atoms with Crippen molar-refractivity contribution in [3.05, 3.63) is 84.2 Å². The van der Waals surface area contributed by atoms with Gasteiger partial charge in [0.2, 0.25) is 11.8 Å². The zero-order chi connectivity index (χ0) is 29.6. The summed E-state index contributed by atoms with van der Waals surface area (Å²) in [5.74, 6) is -1.55. The van der Waals surface area contributed by atoms with Gasteiger partial charge in [0.1, 0.15) is 46.4 Å². The molecular formula is C28H20Cl2N8O4. The molecule has 4 aromatic heterocycles. The average molecular weight is 603 g/mol. The molecule has 0 atom stereocenters. The summed E-state index contributed by atoms with van der Waals surface area (Å²) in [5.41, 5.74) is 0.997. The molecule has 0 aliphatic rings. The van der Waals surface area contributed by atoms with Crippen LogP contribution >= 0.6 is 23.2 Å². The van der Waals surface area contributed by atoms with E-state index in [1.807, 2.05) is 12.1 Å². The van der Waals surface area contributed by atoms with Crippen LogP contribution in [-0.2, 0) is 9.59 Å². The van der Waals surface area contributed by atoms with E-state index in [9.17, 15) is 19.2 Å². The molecule has 4 amide bonds. The summed E-state index contributed by atoms with van der Waals surface area (Å²) in [7, 11) is 0. The number of aromatic nitrogens is 4. The van der Waals surface area contributed by atoms with Gasteiger partial charge in [-0.3, -0.25) is 19.2 Å². The quantitative estimate of drug-likeness (QED) is 0.149. The number of halogens is 2. The van der Waals surface area contributed by atoms with Gasteiger partial charge in [0.15, 0.2) is 0 Å². The molecule has 5 aromatic rings. The SMILES string of the molecule is O=C(CCl)Nc1cccc(NC(=O)c2ccc3ccc4ccc(C(=O)Nc5cccc(NC(=O)CCl)n5)nc4c3n2)n1. The second kappa shape index (κ2) is 12.5. The van der Waals surface area contributed by atoms with E-state index in [0.717, 1.165) is 0 Å². The van der Waals surface area contributed by atoms with E-state index in [1.165, 1.54) is 0 Å². The van der Waals surface area contributed by atoms with Crippen LogP contribution in [0.2, 0.25) is 0 Å². The van der Waals surface area contributed by atoms with Gasteiger partial charge in [-0.25, -0.2) is 19.9 Å². The predicted octanol–water partition coefficient (Wildman–Crippen LogP) is 4.43. The summed E-state index contributed by atoms with van der Waals surface area (Å²) >= 11 is 11.0. The van der Waals surface area contributed by atoms with Crippen LogP contribution in [0.1, 0.15) is 21.0 Å². The van der Waals surface area contributed by atoms with Gasteiger partial charge in [-0.15, -0.1) is 23.2 Å².